The van der Waals surface area contributed by atoms with Crippen molar-refractivity contribution >= 4 is 27.4 Å². The van der Waals surface area contributed by atoms with Gasteiger partial charge in [0.15, 0.2) is 5.65 Å². The highest BCUT2D eigenvalue weighted by Gasteiger charge is 2.37. The first kappa shape index (κ1) is 18.2. The molecule has 4 rings (SSSR count). The summed E-state index contributed by atoms with van der Waals surface area (Å²) in [5.41, 5.74) is 1.31. The maximum atomic E-state index is 13.0. The summed E-state index contributed by atoms with van der Waals surface area (Å²) in [5.74, 6) is -0.607. The predicted octanol–water partition coefficient (Wildman–Crippen LogP) is 3.23. The molecule has 0 spiro atoms. The highest BCUT2D eigenvalue weighted by atomic mass is 79.9. The van der Waals surface area contributed by atoms with Crippen molar-refractivity contribution in [3.8, 4) is 0 Å². The first-order valence-electron chi connectivity index (χ1n) is 8.41. The molecule has 27 heavy (non-hydrogen) atoms. The van der Waals surface area contributed by atoms with E-state index in [1.807, 2.05) is 17.0 Å². The molecule has 2 aromatic heterocycles. The van der Waals surface area contributed by atoms with Crippen LogP contribution in [0.25, 0.3) is 5.65 Å². The van der Waals surface area contributed by atoms with Crippen molar-refractivity contribution in [1.29, 1.82) is 0 Å². The van der Waals surface area contributed by atoms with Crippen molar-refractivity contribution in [2.24, 2.45) is 0 Å². The molecular weight excluding hydrogens is 425 g/mol. The maximum Gasteiger partial charge on any atom is 0.453 e. The van der Waals surface area contributed by atoms with Crippen LogP contribution >= 0.6 is 15.9 Å². The average Bonchev–Trinajstić information content (AvgIpc) is 3.08. The fraction of sp³-hybridized carbons (Fsp3) is 0.353. The van der Waals surface area contributed by atoms with E-state index in [4.69, 9.17) is 0 Å². The van der Waals surface area contributed by atoms with Gasteiger partial charge < -0.3 is 4.90 Å². The first-order chi connectivity index (χ1) is 12.9. The van der Waals surface area contributed by atoms with E-state index in [0.717, 1.165) is 28.6 Å². The van der Waals surface area contributed by atoms with Crippen molar-refractivity contribution < 1.29 is 13.2 Å². The van der Waals surface area contributed by atoms with Gasteiger partial charge in [0.1, 0.15) is 5.82 Å². The highest BCUT2D eigenvalue weighted by molar-refractivity contribution is 9.10. The van der Waals surface area contributed by atoms with Crippen molar-refractivity contribution in [2.75, 3.05) is 31.1 Å². The molecule has 1 aliphatic heterocycles. The van der Waals surface area contributed by atoms with Crippen molar-refractivity contribution in [2.45, 2.75) is 12.7 Å². The Morgan fingerprint density at radius 2 is 1.63 bits per heavy atom. The highest BCUT2D eigenvalue weighted by Crippen LogP contribution is 2.28. The lowest BCUT2D eigenvalue weighted by Crippen LogP contribution is -2.46. The van der Waals surface area contributed by atoms with E-state index in [0.29, 0.717) is 18.9 Å². The minimum atomic E-state index is -4.59. The summed E-state index contributed by atoms with van der Waals surface area (Å²) < 4.78 is 40.9. The Hall–Kier alpha value is -2.20. The number of piperazine rings is 1. The van der Waals surface area contributed by atoms with Gasteiger partial charge in [-0.1, -0.05) is 28.1 Å². The van der Waals surface area contributed by atoms with Crippen LogP contribution in [0.1, 0.15) is 11.4 Å². The number of nitrogens with zero attached hydrogens (tertiary/aromatic N) is 6. The van der Waals surface area contributed by atoms with Crippen LogP contribution in [-0.2, 0) is 12.7 Å². The molecule has 0 atom stereocenters. The molecule has 1 fully saturated rings. The van der Waals surface area contributed by atoms with Crippen molar-refractivity contribution in [3.05, 3.63) is 52.3 Å². The number of alkyl halides is 3. The van der Waals surface area contributed by atoms with E-state index in [1.165, 1.54) is 11.6 Å². The summed E-state index contributed by atoms with van der Waals surface area (Å²) in [5, 5.41) is 10.9. The molecule has 3 aromatic rings. The maximum absolute atomic E-state index is 13.0. The third-order valence-corrected chi connectivity index (χ3v) is 5.05. The minimum Gasteiger partial charge on any atom is -0.353 e. The van der Waals surface area contributed by atoms with E-state index in [9.17, 15) is 13.2 Å². The molecule has 0 unspecified atom stereocenters. The molecular formula is C17H16BrF3N6. The van der Waals surface area contributed by atoms with Gasteiger partial charge in [-0.3, -0.25) is 4.90 Å². The summed E-state index contributed by atoms with van der Waals surface area (Å²) in [7, 11) is 0. The van der Waals surface area contributed by atoms with Crippen molar-refractivity contribution in [3.63, 3.8) is 0 Å². The van der Waals surface area contributed by atoms with Gasteiger partial charge in [-0.25, -0.2) is 0 Å². The van der Waals surface area contributed by atoms with Gasteiger partial charge in [0, 0.05) is 37.2 Å². The quantitative estimate of drug-likeness (QED) is 0.625. The van der Waals surface area contributed by atoms with Crippen LogP contribution in [0.2, 0.25) is 0 Å². The number of rotatable bonds is 3. The Morgan fingerprint density at radius 3 is 2.30 bits per heavy atom. The Labute approximate surface area is 161 Å². The minimum absolute atomic E-state index is 0.0833. The molecule has 0 bridgehead atoms. The summed E-state index contributed by atoms with van der Waals surface area (Å²) in [6.45, 7) is 3.85. The number of aromatic nitrogens is 4. The van der Waals surface area contributed by atoms with Gasteiger partial charge in [-0.15, -0.1) is 15.3 Å². The lowest BCUT2D eigenvalue weighted by Gasteiger charge is -2.35. The molecule has 0 N–H and O–H groups in total. The number of anilines is 1. The van der Waals surface area contributed by atoms with Crippen molar-refractivity contribution in [1.82, 2.24) is 24.7 Å². The molecule has 142 valence electrons. The van der Waals surface area contributed by atoms with Gasteiger partial charge in [-0.2, -0.15) is 17.7 Å². The Kier molecular flexibility index (Phi) is 4.77. The number of hydrogen-bond donors (Lipinski definition) is 0. The molecule has 6 nitrogen and oxygen atoms in total. The summed E-state index contributed by atoms with van der Waals surface area (Å²) in [6, 6.07) is 11.4. The molecule has 0 saturated carbocycles. The number of benzene rings is 1. The molecule has 0 aliphatic carbocycles. The monoisotopic (exact) mass is 440 g/mol. The van der Waals surface area contributed by atoms with Crippen LogP contribution in [-0.4, -0.2) is 50.9 Å². The molecule has 0 radical (unpaired) electrons. The number of hydrogen-bond acceptors (Lipinski definition) is 5. The zero-order chi connectivity index (χ0) is 19.0. The van der Waals surface area contributed by atoms with E-state index < -0.39 is 12.0 Å². The second kappa shape index (κ2) is 7.08. The number of halogens is 4. The standard InChI is InChI=1S/C17H16BrF3N6/c18-13-3-1-12(2-4-13)11-25-7-9-26(10-8-25)15-6-5-14-22-23-16(17(19,20)21)27(14)24-15/h1-6H,7-11H2. The topological polar surface area (TPSA) is 49.6 Å². The second-order valence-corrected chi connectivity index (χ2v) is 7.29. The van der Waals surface area contributed by atoms with Crippen LogP contribution in [0.15, 0.2) is 40.9 Å². The molecule has 3 heterocycles. The molecule has 1 aliphatic rings. The largest absolute Gasteiger partial charge is 0.453 e. The lowest BCUT2D eigenvalue weighted by atomic mass is 10.2. The van der Waals surface area contributed by atoms with Crippen LogP contribution in [0.4, 0.5) is 19.0 Å². The predicted molar refractivity (Wildman–Crippen MR) is 97.4 cm³/mol. The lowest BCUT2D eigenvalue weighted by molar-refractivity contribution is -0.146. The smallest absolute Gasteiger partial charge is 0.353 e. The molecule has 1 aromatic carbocycles. The SMILES string of the molecule is FC(F)(F)c1nnc2ccc(N3CCN(Cc4ccc(Br)cc4)CC3)nn12. The third-order valence-electron chi connectivity index (χ3n) is 4.52. The molecule has 0 amide bonds. The van der Waals surface area contributed by atoms with Crippen LogP contribution in [0.5, 0.6) is 0 Å². The average molecular weight is 441 g/mol. The Bertz CT molecular complexity index is 932. The summed E-state index contributed by atoms with van der Waals surface area (Å²) >= 11 is 3.43. The van der Waals surface area contributed by atoms with Gasteiger partial charge in [0.2, 0.25) is 0 Å². The van der Waals surface area contributed by atoms with Gasteiger partial charge in [0.05, 0.1) is 0 Å². The fourth-order valence-electron chi connectivity index (χ4n) is 3.11. The van der Waals surface area contributed by atoms with E-state index in [-0.39, 0.29) is 5.65 Å². The Balaban J connectivity index is 1.45. The molecule has 10 heteroatoms. The van der Waals surface area contributed by atoms with Gasteiger partial charge >= 0.3 is 6.18 Å². The van der Waals surface area contributed by atoms with E-state index in [2.05, 4.69) is 48.3 Å². The normalized spacial score (nSPS) is 16.2. The Morgan fingerprint density at radius 1 is 0.926 bits per heavy atom. The first-order valence-corrected chi connectivity index (χ1v) is 9.21. The zero-order valence-corrected chi connectivity index (χ0v) is 15.8. The van der Waals surface area contributed by atoms with Crippen LogP contribution < -0.4 is 4.90 Å². The van der Waals surface area contributed by atoms with E-state index >= 15 is 0 Å². The summed E-state index contributed by atoms with van der Waals surface area (Å²) in [6.07, 6.45) is -4.59. The van der Waals surface area contributed by atoms with E-state index in [1.54, 1.807) is 6.07 Å². The fourth-order valence-corrected chi connectivity index (χ4v) is 3.37. The van der Waals surface area contributed by atoms with Crippen LogP contribution in [0, 0.1) is 0 Å². The zero-order valence-electron chi connectivity index (χ0n) is 14.2. The van der Waals surface area contributed by atoms with Gasteiger partial charge in [-0.05, 0) is 29.8 Å². The summed E-state index contributed by atoms with van der Waals surface area (Å²) in [4.78, 5) is 4.30. The molecule has 1 saturated heterocycles. The second-order valence-electron chi connectivity index (χ2n) is 6.37. The van der Waals surface area contributed by atoms with Gasteiger partial charge in [0.25, 0.3) is 5.82 Å². The van der Waals surface area contributed by atoms with Crippen LogP contribution in [0.3, 0.4) is 0 Å². The third kappa shape index (κ3) is 3.91. The number of fused-ring (bicyclic) bond motifs is 1.